The SMILES string of the molecule is Nc1cc(F)c(S(=O)(=O)CCF)c(F)c1. The van der Waals surface area contributed by atoms with E-state index >= 15 is 0 Å². The summed E-state index contributed by atoms with van der Waals surface area (Å²) in [6.45, 7) is -1.20. The maximum atomic E-state index is 13.1. The molecule has 1 aromatic rings. The zero-order valence-electron chi connectivity index (χ0n) is 7.50. The molecule has 0 saturated heterocycles. The lowest BCUT2D eigenvalue weighted by Gasteiger charge is -2.05. The van der Waals surface area contributed by atoms with Crippen molar-refractivity contribution in [3.05, 3.63) is 23.8 Å². The second-order valence-corrected chi connectivity index (χ2v) is 4.87. The van der Waals surface area contributed by atoms with Crippen LogP contribution in [0.3, 0.4) is 0 Å². The van der Waals surface area contributed by atoms with Crippen LogP contribution < -0.4 is 5.73 Å². The zero-order chi connectivity index (χ0) is 11.6. The van der Waals surface area contributed by atoms with Crippen LogP contribution in [0, 0.1) is 11.6 Å². The number of rotatable bonds is 3. The van der Waals surface area contributed by atoms with Gasteiger partial charge < -0.3 is 5.73 Å². The Hall–Kier alpha value is -1.24. The Bertz CT molecular complexity index is 450. The van der Waals surface area contributed by atoms with Gasteiger partial charge in [-0.2, -0.15) is 0 Å². The molecule has 3 nitrogen and oxygen atoms in total. The van der Waals surface area contributed by atoms with Crippen LogP contribution in [0.1, 0.15) is 0 Å². The van der Waals surface area contributed by atoms with Gasteiger partial charge in [0.25, 0.3) is 0 Å². The van der Waals surface area contributed by atoms with Crippen LogP contribution in [0.4, 0.5) is 18.9 Å². The molecule has 0 amide bonds. The fourth-order valence-corrected chi connectivity index (χ4v) is 2.20. The van der Waals surface area contributed by atoms with Crippen LogP contribution in [0.5, 0.6) is 0 Å². The largest absolute Gasteiger partial charge is 0.399 e. The lowest BCUT2D eigenvalue weighted by Crippen LogP contribution is -2.13. The van der Waals surface area contributed by atoms with Crippen molar-refractivity contribution in [2.24, 2.45) is 0 Å². The Morgan fingerprint density at radius 1 is 1.20 bits per heavy atom. The fraction of sp³-hybridized carbons (Fsp3) is 0.250. The number of nitrogen functional groups attached to an aromatic ring is 1. The number of anilines is 1. The smallest absolute Gasteiger partial charge is 0.186 e. The van der Waals surface area contributed by atoms with E-state index in [9.17, 15) is 21.6 Å². The monoisotopic (exact) mass is 239 g/mol. The van der Waals surface area contributed by atoms with Crippen molar-refractivity contribution < 1.29 is 21.6 Å². The minimum Gasteiger partial charge on any atom is -0.399 e. The Kier molecular flexibility index (Phi) is 3.23. The first kappa shape index (κ1) is 11.8. The van der Waals surface area contributed by atoms with Crippen molar-refractivity contribution >= 4 is 15.5 Å². The molecule has 0 aliphatic rings. The third kappa shape index (κ3) is 2.41. The number of sulfone groups is 1. The van der Waals surface area contributed by atoms with Crippen LogP contribution in [0.25, 0.3) is 0 Å². The second-order valence-electron chi connectivity index (χ2n) is 2.82. The molecule has 0 aliphatic carbocycles. The summed E-state index contributed by atoms with van der Waals surface area (Å²) in [7, 11) is -4.27. The van der Waals surface area contributed by atoms with E-state index < -0.39 is 38.8 Å². The number of alkyl halides is 1. The summed E-state index contributed by atoms with van der Waals surface area (Å²) >= 11 is 0. The lowest BCUT2D eigenvalue weighted by molar-refractivity contribution is 0.501. The highest BCUT2D eigenvalue weighted by Crippen LogP contribution is 2.22. The van der Waals surface area contributed by atoms with Gasteiger partial charge in [-0.1, -0.05) is 0 Å². The summed E-state index contributed by atoms with van der Waals surface area (Å²) < 4.78 is 60.5. The summed E-state index contributed by atoms with van der Waals surface area (Å²) in [5, 5.41) is 0. The maximum Gasteiger partial charge on any atom is 0.186 e. The molecule has 0 radical (unpaired) electrons. The quantitative estimate of drug-likeness (QED) is 0.808. The van der Waals surface area contributed by atoms with Crippen molar-refractivity contribution in [1.82, 2.24) is 0 Å². The van der Waals surface area contributed by atoms with E-state index in [0.29, 0.717) is 12.1 Å². The third-order valence-electron chi connectivity index (χ3n) is 1.68. The summed E-state index contributed by atoms with van der Waals surface area (Å²) in [5.41, 5.74) is 4.86. The van der Waals surface area contributed by atoms with E-state index in [1.54, 1.807) is 0 Å². The lowest BCUT2D eigenvalue weighted by atomic mass is 10.3. The minimum atomic E-state index is -4.27. The summed E-state index contributed by atoms with van der Waals surface area (Å²) in [6, 6.07) is 1.35. The average molecular weight is 239 g/mol. The first-order valence-corrected chi connectivity index (χ1v) is 5.57. The molecule has 0 bridgehead atoms. The Morgan fingerprint density at radius 2 is 1.67 bits per heavy atom. The molecule has 0 fully saturated rings. The number of hydrogen-bond acceptors (Lipinski definition) is 3. The molecule has 0 unspecified atom stereocenters. The van der Waals surface area contributed by atoms with Crippen LogP contribution in [-0.4, -0.2) is 20.8 Å². The molecule has 0 atom stereocenters. The number of nitrogens with two attached hydrogens (primary N) is 1. The highest BCUT2D eigenvalue weighted by molar-refractivity contribution is 7.91. The van der Waals surface area contributed by atoms with Crippen LogP contribution in [0.2, 0.25) is 0 Å². The van der Waals surface area contributed by atoms with Gasteiger partial charge in [0.05, 0.1) is 5.75 Å². The molecule has 0 spiro atoms. The molecule has 0 saturated carbocycles. The molecule has 0 heterocycles. The summed E-state index contributed by atoms with van der Waals surface area (Å²) in [5.74, 6) is -3.56. The number of hydrogen-bond donors (Lipinski definition) is 1. The van der Waals surface area contributed by atoms with E-state index in [1.807, 2.05) is 0 Å². The van der Waals surface area contributed by atoms with E-state index in [-0.39, 0.29) is 5.69 Å². The molecule has 2 N–H and O–H groups in total. The van der Waals surface area contributed by atoms with Gasteiger partial charge in [-0.25, -0.2) is 21.6 Å². The van der Waals surface area contributed by atoms with E-state index in [0.717, 1.165) is 0 Å². The summed E-state index contributed by atoms with van der Waals surface area (Å²) in [6.07, 6.45) is 0. The topological polar surface area (TPSA) is 60.2 Å². The summed E-state index contributed by atoms with van der Waals surface area (Å²) in [4.78, 5) is -1.13. The van der Waals surface area contributed by atoms with Gasteiger partial charge in [0.2, 0.25) is 0 Å². The molecule has 1 rings (SSSR count). The van der Waals surface area contributed by atoms with E-state index in [4.69, 9.17) is 5.73 Å². The molecule has 0 aromatic heterocycles. The molecule has 0 aliphatic heterocycles. The Labute approximate surface area is 84.6 Å². The van der Waals surface area contributed by atoms with Gasteiger partial charge in [-0.15, -0.1) is 0 Å². The van der Waals surface area contributed by atoms with Gasteiger partial charge in [0, 0.05) is 5.69 Å². The van der Waals surface area contributed by atoms with Crippen molar-refractivity contribution in [2.75, 3.05) is 18.2 Å². The predicted molar refractivity (Wildman–Crippen MR) is 48.8 cm³/mol. The Morgan fingerprint density at radius 3 is 2.07 bits per heavy atom. The first-order chi connectivity index (χ1) is 6.88. The first-order valence-electron chi connectivity index (χ1n) is 3.91. The fourth-order valence-electron chi connectivity index (χ4n) is 1.08. The van der Waals surface area contributed by atoms with Gasteiger partial charge >= 0.3 is 0 Å². The standard InChI is InChI=1S/C8H8F3NO2S/c9-1-2-15(13,14)8-6(10)3-5(12)4-7(8)11/h3-4H,1-2,12H2. The predicted octanol–water partition coefficient (Wildman–Crippen LogP) is 1.29. The molecular formula is C8H8F3NO2S. The highest BCUT2D eigenvalue weighted by atomic mass is 32.2. The van der Waals surface area contributed by atoms with E-state index in [2.05, 4.69) is 0 Å². The molecule has 7 heteroatoms. The van der Waals surface area contributed by atoms with Crippen molar-refractivity contribution in [2.45, 2.75) is 4.90 Å². The zero-order valence-corrected chi connectivity index (χ0v) is 8.32. The normalized spacial score (nSPS) is 11.7. The Balaban J connectivity index is 3.38. The number of halogens is 3. The second kappa shape index (κ2) is 4.09. The van der Waals surface area contributed by atoms with Crippen LogP contribution in [-0.2, 0) is 9.84 Å². The maximum absolute atomic E-state index is 13.1. The van der Waals surface area contributed by atoms with Gasteiger partial charge in [-0.05, 0) is 12.1 Å². The number of benzene rings is 1. The highest BCUT2D eigenvalue weighted by Gasteiger charge is 2.24. The van der Waals surface area contributed by atoms with Crippen molar-refractivity contribution in [1.29, 1.82) is 0 Å². The van der Waals surface area contributed by atoms with Gasteiger partial charge in [-0.3, -0.25) is 0 Å². The van der Waals surface area contributed by atoms with E-state index in [1.165, 1.54) is 0 Å². The molecule has 84 valence electrons. The van der Waals surface area contributed by atoms with Crippen LogP contribution in [0.15, 0.2) is 17.0 Å². The third-order valence-corrected chi connectivity index (χ3v) is 3.38. The molecule has 15 heavy (non-hydrogen) atoms. The van der Waals surface area contributed by atoms with Crippen LogP contribution >= 0.6 is 0 Å². The van der Waals surface area contributed by atoms with Crippen molar-refractivity contribution in [3.63, 3.8) is 0 Å². The van der Waals surface area contributed by atoms with Gasteiger partial charge in [0.15, 0.2) is 9.84 Å². The van der Waals surface area contributed by atoms with Gasteiger partial charge in [0.1, 0.15) is 23.2 Å². The average Bonchev–Trinajstić information content (AvgIpc) is 1.99. The minimum absolute atomic E-state index is 0.232. The van der Waals surface area contributed by atoms with Crippen molar-refractivity contribution in [3.8, 4) is 0 Å². The molecular weight excluding hydrogens is 231 g/mol. The molecule has 1 aromatic carbocycles.